The van der Waals surface area contributed by atoms with Crippen LogP contribution in [0.1, 0.15) is 30.5 Å². The van der Waals surface area contributed by atoms with Crippen LogP contribution in [0.25, 0.3) is 91.1 Å². The topological polar surface area (TPSA) is 44.5 Å². The van der Waals surface area contributed by atoms with Crippen molar-refractivity contribution in [3.63, 3.8) is 0 Å². The van der Waals surface area contributed by atoms with Crippen molar-refractivity contribution in [3.05, 3.63) is 271 Å². The van der Waals surface area contributed by atoms with Gasteiger partial charge in [-0.2, -0.15) is 5.26 Å². The van der Waals surface area contributed by atoms with Crippen LogP contribution in [-0.4, -0.2) is 9.13 Å². The van der Waals surface area contributed by atoms with E-state index >= 15 is 0 Å². The molecule has 0 radical (unpaired) electrons. The van der Waals surface area contributed by atoms with E-state index in [-0.39, 0.29) is 5.41 Å². The molecule has 6 nitrogen and oxygen atoms in total. The summed E-state index contributed by atoms with van der Waals surface area (Å²) in [7, 11) is 0. The molecule has 0 amide bonds. The lowest BCUT2D eigenvalue weighted by molar-refractivity contribution is 0.661. The molecule has 7 heteroatoms. The largest absolute Gasteiger partial charge is 0.319 e. The summed E-state index contributed by atoms with van der Waals surface area (Å²) in [5.41, 5.74) is 17.0. The molecule has 1 aliphatic rings. The van der Waals surface area contributed by atoms with Gasteiger partial charge in [-0.1, -0.05) is 129 Å². The van der Waals surface area contributed by atoms with E-state index in [1.54, 1.807) is 11.3 Å². The van der Waals surface area contributed by atoms with E-state index in [0.29, 0.717) is 22.6 Å². The molecule has 3 aromatic heterocycles. The van der Waals surface area contributed by atoms with Gasteiger partial charge >= 0.3 is 0 Å². The predicted molar refractivity (Wildman–Crippen MR) is 326 cm³/mol. The summed E-state index contributed by atoms with van der Waals surface area (Å²) in [6.45, 7) is 13.7. The average Bonchev–Trinajstić information content (AvgIpc) is 4.20. The standard InChI is InChI=1S/C71H46N6S/c1-71(2)60-30-18-16-28-52(60)54-39-57-55-37-51(75(48-24-12-6-13-25-48)49-26-14-7-15-27-49)33-35-64(55)77(66(57)41-61(54)71)68-36-45(44-72)65(42-62(68)73-3)76-63-34-32-50(74(46-20-8-4-9-21-46)47-22-10-5-11-23-47)38-56(63)58-40-59-53-29-17-19-31-69(53)78-70(59)43-67(58)76/h4-43H,1-2H3. The normalized spacial score (nSPS) is 12.6. The van der Waals surface area contributed by atoms with Gasteiger partial charge in [-0.05, 0) is 150 Å². The van der Waals surface area contributed by atoms with Crippen molar-refractivity contribution in [2.75, 3.05) is 9.80 Å². The fourth-order valence-electron chi connectivity index (χ4n) is 12.5. The number of hydrogen-bond acceptors (Lipinski definition) is 4. The van der Waals surface area contributed by atoms with Crippen LogP contribution in [0, 0.1) is 17.9 Å². The highest BCUT2D eigenvalue weighted by Crippen LogP contribution is 2.53. The second-order valence-corrected chi connectivity index (χ2v) is 21.8. The molecule has 0 aliphatic heterocycles. The summed E-state index contributed by atoms with van der Waals surface area (Å²) in [6.07, 6.45) is 0. The first kappa shape index (κ1) is 45.2. The quantitative estimate of drug-likeness (QED) is 0.143. The Morgan fingerprint density at radius 2 is 0.910 bits per heavy atom. The summed E-state index contributed by atoms with van der Waals surface area (Å²) in [4.78, 5) is 8.97. The molecule has 0 saturated heterocycles. The van der Waals surface area contributed by atoms with Gasteiger partial charge in [0.1, 0.15) is 6.07 Å². The molecule has 15 rings (SSSR count). The van der Waals surface area contributed by atoms with Crippen LogP contribution in [-0.2, 0) is 5.41 Å². The summed E-state index contributed by atoms with van der Waals surface area (Å²) in [6, 6.07) is 88.5. The minimum Gasteiger partial charge on any atom is -0.319 e. The molecule has 0 N–H and O–H groups in total. The van der Waals surface area contributed by atoms with Gasteiger partial charge in [0.05, 0.1) is 45.6 Å². The van der Waals surface area contributed by atoms with E-state index in [1.165, 1.54) is 37.7 Å². The number of thiophene rings is 1. The summed E-state index contributed by atoms with van der Waals surface area (Å²) in [5.74, 6) is 0. The van der Waals surface area contributed by atoms with Crippen LogP contribution in [0.5, 0.6) is 0 Å². The average molecular weight is 1020 g/mol. The fraction of sp³-hybridized carbons (Fsp3) is 0.0423. The second-order valence-electron chi connectivity index (χ2n) is 20.7. The Morgan fingerprint density at radius 3 is 1.49 bits per heavy atom. The van der Waals surface area contributed by atoms with Crippen molar-refractivity contribution in [2.45, 2.75) is 19.3 Å². The maximum absolute atomic E-state index is 11.6. The third-order valence-electron chi connectivity index (χ3n) is 16.1. The number of anilines is 6. The van der Waals surface area contributed by atoms with Crippen LogP contribution < -0.4 is 9.80 Å². The van der Waals surface area contributed by atoms with E-state index in [1.807, 2.05) is 36.4 Å². The monoisotopic (exact) mass is 1010 g/mol. The zero-order chi connectivity index (χ0) is 52.2. The van der Waals surface area contributed by atoms with E-state index in [0.717, 1.165) is 82.4 Å². The number of para-hydroxylation sites is 4. The van der Waals surface area contributed by atoms with Gasteiger partial charge < -0.3 is 18.9 Å². The van der Waals surface area contributed by atoms with Crippen LogP contribution >= 0.6 is 11.3 Å². The number of hydrogen-bond donors (Lipinski definition) is 0. The third kappa shape index (κ3) is 6.79. The Morgan fingerprint density at radius 1 is 0.410 bits per heavy atom. The number of nitriles is 1. The summed E-state index contributed by atoms with van der Waals surface area (Å²) in [5, 5.41) is 18.2. The Balaban J connectivity index is 0.988. The van der Waals surface area contributed by atoms with Crippen molar-refractivity contribution in [2.24, 2.45) is 0 Å². The van der Waals surface area contributed by atoms with Gasteiger partial charge in [-0.25, -0.2) is 4.85 Å². The van der Waals surface area contributed by atoms with Crippen molar-refractivity contribution in [3.8, 4) is 28.6 Å². The van der Waals surface area contributed by atoms with Gasteiger partial charge in [-0.15, -0.1) is 11.3 Å². The Labute approximate surface area is 455 Å². The fourth-order valence-corrected chi connectivity index (χ4v) is 13.7. The van der Waals surface area contributed by atoms with Crippen molar-refractivity contribution in [1.82, 2.24) is 9.13 Å². The number of benzene rings is 11. The van der Waals surface area contributed by atoms with E-state index in [4.69, 9.17) is 6.57 Å². The number of nitrogens with zero attached hydrogens (tertiary/aromatic N) is 6. The molecule has 0 saturated carbocycles. The van der Waals surface area contributed by atoms with Gasteiger partial charge in [0.25, 0.3) is 0 Å². The SMILES string of the molecule is [C-]#[N+]c1cc(-n2c3ccc(N(c4ccccc4)c4ccccc4)cc3c3cc4c(cc32)sc2ccccc24)c(C#N)cc1-n1c2ccc(N(c3ccccc3)c3ccccc3)cc2c2cc3c(cc21)C(C)(C)c1ccccc1-3. The van der Waals surface area contributed by atoms with Crippen molar-refractivity contribution in [1.29, 1.82) is 5.26 Å². The van der Waals surface area contributed by atoms with E-state index < -0.39 is 0 Å². The molecule has 366 valence electrons. The Bertz CT molecular complexity index is 4770. The summed E-state index contributed by atoms with van der Waals surface area (Å²) >= 11 is 1.78. The van der Waals surface area contributed by atoms with Crippen LogP contribution in [0.15, 0.2) is 243 Å². The van der Waals surface area contributed by atoms with Gasteiger partial charge in [0, 0.05) is 81.3 Å². The van der Waals surface area contributed by atoms with E-state index in [2.05, 4.69) is 250 Å². The molecule has 0 atom stereocenters. The molecule has 14 aromatic rings. The van der Waals surface area contributed by atoms with Crippen LogP contribution in [0.2, 0.25) is 0 Å². The minimum atomic E-state index is -0.274. The first-order valence-electron chi connectivity index (χ1n) is 26.2. The lowest BCUT2D eigenvalue weighted by Gasteiger charge is -2.25. The van der Waals surface area contributed by atoms with Gasteiger partial charge in [-0.3, -0.25) is 0 Å². The van der Waals surface area contributed by atoms with Crippen molar-refractivity contribution < 1.29 is 0 Å². The zero-order valence-corrected chi connectivity index (χ0v) is 43.5. The molecule has 78 heavy (non-hydrogen) atoms. The molecule has 1 aliphatic carbocycles. The van der Waals surface area contributed by atoms with Crippen molar-refractivity contribution >= 4 is 115 Å². The maximum atomic E-state index is 11.6. The highest BCUT2D eigenvalue weighted by Gasteiger charge is 2.36. The molecule has 0 unspecified atom stereocenters. The molecule has 11 aromatic carbocycles. The molecular weight excluding hydrogens is 969 g/mol. The van der Waals surface area contributed by atoms with Crippen LogP contribution in [0.3, 0.4) is 0 Å². The lowest BCUT2D eigenvalue weighted by atomic mass is 9.82. The highest BCUT2D eigenvalue weighted by molar-refractivity contribution is 7.25. The zero-order valence-electron chi connectivity index (χ0n) is 42.7. The second kappa shape index (κ2) is 17.4. The molecule has 0 bridgehead atoms. The third-order valence-corrected chi connectivity index (χ3v) is 17.2. The molecule has 0 fully saturated rings. The molecule has 3 heterocycles. The summed E-state index contributed by atoms with van der Waals surface area (Å²) < 4.78 is 6.83. The minimum absolute atomic E-state index is 0.274. The number of rotatable bonds is 8. The smallest absolute Gasteiger partial charge is 0.212 e. The number of fused-ring (bicyclic) bond motifs is 12. The lowest BCUT2D eigenvalue weighted by Crippen LogP contribution is -2.15. The molecule has 0 spiro atoms. The first-order valence-corrected chi connectivity index (χ1v) is 27.1. The Kier molecular flexibility index (Phi) is 10.1. The molecular formula is C71H46N6S. The predicted octanol–water partition coefficient (Wildman–Crippen LogP) is 19.9. The van der Waals surface area contributed by atoms with Crippen LogP contribution in [0.4, 0.5) is 39.8 Å². The van der Waals surface area contributed by atoms with Gasteiger partial charge in [0.2, 0.25) is 5.69 Å². The maximum Gasteiger partial charge on any atom is 0.212 e. The number of aromatic nitrogens is 2. The highest BCUT2D eigenvalue weighted by atomic mass is 32.1. The van der Waals surface area contributed by atoms with Gasteiger partial charge in [0.15, 0.2) is 0 Å². The Hall–Kier alpha value is -10.2. The first-order chi connectivity index (χ1) is 38.4. The van der Waals surface area contributed by atoms with E-state index in [9.17, 15) is 5.26 Å².